The first-order valence-corrected chi connectivity index (χ1v) is 7.97. The van der Waals surface area contributed by atoms with Gasteiger partial charge in [0.25, 0.3) is 0 Å². The molecule has 2 aromatic heterocycles. The molecule has 1 unspecified atom stereocenters. The van der Waals surface area contributed by atoms with Crippen LogP contribution in [0.2, 0.25) is 0 Å². The number of benzene rings is 1. The summed E-state index contributed by atoms with van der Waals surface area (Å²) < 4.78 is 7.04. The SMILES string of the molecule is O=C(Cc1ccc(-n2cnnn2)cc1)NC1CCCc2occc21. The minimum atomic E-state index is 0.0178. The molecule has 0 fully saturated rings. The minimum Gasteiger partial charge on any atom is -0.469 e. The van der Waals surface area contributed by atoms with Gasteiger partial charge in [0.2, 0.25) is 5.91 Å². The van der Waals surface area contributed by atoms with Gasteiger partial charge in [0.05, 0.1) is 24.4 Å². The van der Waals surface area contributed by atoms with E-state index in [-0.39, 0.29) is 11.9 Å². The lowest BCUT2D eigenvalue weighted by Gasteiger charge is -2.22. The number of carbonyl (C=O) groups is 1. The molecule has 0 spiro atoms. The first-order valence-electron chi connectivity index (χ1n) is 7.97. The van der Waals surface area contributed by atoms with Gasteiger partial charge in [-0.05, 0) is 47.0 Å². The van der Waals surface area contributed by atoms with Gasteiger partial charge < -0.3 is 9.73 Å². The standard InChI is InChI=1S/C17H17N5O2/c23-17(19-15-2-1-3-16-14(15)8-9-24-16)10-12-4-6-13(7-5-12)22-11-18-20-21-22/h4-9,11,15H,1-3,10H2,(H,19,23). The van der Waals surface area contributed by atoms with Crippen LogP contribution < -0.4 is 5.32 Å². The maximum atomic E-state index is 12.3. The van der Waals surface area contributed by atoms with Crippen molar-refractivity contribution >= 4 is 5.91 Å². The molecule has 1 aromatic carbocycles. The Morgan fingerprint density at radius 1 is 1.29 bits per heavy atom. The van der Waals surface area contributed by atoms with Gasteiger partial charge in [-0.15, -0.1) is 5.10 Å². The topological polar surface area (TPSA) is 85.8 Å². The van der Waals surface area contributed by atoms with Crippen molar-refractivity contribution in [3.8, 4) is 5.69 Å². The number of furan rings is 1. The van der Waals surface area contributed by atoms with Crippen LogP contribution in [0.25, 0.3) is 5.69 Å². The van der Waals surface area contributed by atoms with Crippen molar-refractivity contribution in [2.24, 2.45) is 0 Å². The number of rotatable bonds is 4. The van der Waals surface area contributed by atoms with E-state index in [1.165, 1.54) is 6.33 Å². The van der Waals surface area contributed by atoms with Crippen molar-refractivity contribution < 1.29 is 9.21 Å². The van der Waals surface area contributed by atoms with Gasteiger partial charge in [0.1, 0.15) is 12.1 Å². The lowest BCUT2D eigenvalue weighted by Crippen LogP contribution is -2.31. The summed E-state index contributed by atoms with van der Waals surface area (Å²) in [5, 5.41) is 14.2. The Morgan fingerprint density at radius 3 is 2.96 bits per heavy atom. The fraction of sp³-hybridized carbons (Fsp3) is 0.294. The van der Waals surface area contributed by atoms with Crippen LogP contribution in [-0.4, -0.2) is 26.1 Å². The molecule has 0 aliphatic heterocycles. The summed E-state index contributed by atoms with van der Waals surface area (Å²) in [6.45, 7) is 0. The number of aryl methyl sites for hydroxylation is 1. The largest absolute Gasteiger partial charge is 0.469 e. The molecule has 122 valence electrons. The second-order valence-electron chi connectivity index (χ2n) is 5.91. The highest BCUT2D eigenvalue weighted by atomic mass is 16.3. The molecule has 3 aromatic rings. The summed E-state index contributed by atoms with van der Waals surface area (Å²) in [6, 6.07) is 9.64. The van der Waals surface area contributed by atoms with Crippen molar-refractivity contribution in [3.05, 3.63) is 59.8 Å². The number of fused-ring (bicyclic) bond motifs is 1. The fourth-order valence-corrected chi connectivity index (χ4v) is 3.11. The zero-order valence-electron chi connectivity index (χ0n) is 13.1. The van der Waals surface area contributed by atoms with Gasteiger partial charge in [0, 0.05) is 12.0 Å². The van der Waals surface area contributed by atoms with Crippen LogP contribution in [0.4, 0.5) is 0 Å². The smallest absolute Gasteiger partial charge is 0.224 e. The maximum absolute atomic E-state index is 12.3. The Labute approximate surface area is 138 Å². The predicted octanol–water partition coefficient (Wildman–Crippen LogP) is 1.99. The molecule has 1 N–H and O–H groups in total. The van der Waals surface area contributed by atoms with Gasteiger partial charge in [-0.2, -0.15) is 0 Å². The summed E-state index contributed by atoms with van der Waals surface area (Å²) in [4.78, 5) is 12.3. The van der Waals surface area contributed by atoms with Crippen LogP contribution >= 0.6 is 0 Å². The van der Waals surface area contributed by atoms with E-state index in [1.807, 2.05) is 30.3 Å². The molecule has 0 saturated carbocycles. The summed E-state index contributed by atoms with van der Waals surface area (Å²) in [5.41, 5.74) is 2.93. The highest BCUT2D eigenvalue weighted by Gasteiger charge is 2.23. The summed E-state index contributed by atoms with van der Waals surface area (Å²) >= 11 is 0. The van der Waals surface area contributed by atoms with Gasteiger partial charge in [-0.3, -0.25) is 4.79 Å². The molecule has 0 bridgehead atoms. The van der Waals surface area contributed by atoms with Gasteiger partial charge >= 0.3 is 0 Å². The quantitative estimate of drug-likeness (QED) is 0.793. The number of amides is 1. The Balaban J connectivity index is 1.40. The van der Waals surface area contributed by atoms with Crippen molar-refractivity contribution in [1.82, 2.24) is 25.5 Å². The molecule has 4 rings (SSSR count). The third-order valence-corrected chi connectivity index (χ3v) is 4.30. The normalized spacial score (nSPS) is 16.6. The number of nitrogens with zero attached hydrogens (tertiary/aromatic N) is 4. The molecule has 0 saturated heterocycles. The Kier molecular flexibility index (Phi) is 3.82. The van der Waals surface area contributed by atoms with Crippen molar-refractivity contribution in [2.45, 2.75) is 31.7 Å². The van der Waals surface area contributed by atoms with Gasteiger partial charge in [0.15, 0.2) is 0 Å². The highest BCUT2D eigenvalue weighted by molar-refractivity contribution is 5.79. The van der Waals surface area contributed by atoms with E-state index in [0.717, 1.165) is 41.8 Å². The van der Waals surface area contributed by atoms with E-state index in [0.29, 0.717) is 6.42 Å². The number of hydrogen-bond donors (Lipinski definition) is 1. The third kappa shape index (κ3) is 2.92. The van der Waals surface area contributed by atoms with E-state index < -0.39 is 0 Å². The lowest BCUT2D eigenvalue weighted by atomic mass is 9.93. The van der Waals surface area contributed by atoms with E-state index in [4.69, 9.17) is 4.42 Å². The summed E-state index contributed by atoms with van der Waals surface area (Å²) in [6.07, 6.45) is 6.52. The minimum absolute atomic E-state index is 0.0178. The van der Waals surface area contributed by atoms with Crippen molar-refractivity contribution in [3.63, 3.8) is 0 Å². The molecule has 1 aliphatic rings. The van der Waals surface area contributed by atoms with E-state index in [9.17, 15) is 4.79 Å². The average molecular weight is 323 g/mol. The van der Waals surface area contributed by atoms with Crippen LogP contribution in [0.1, 0.15) is 35.8 Å². The van der Waals surface area contributed by atoms with E-state index in [2.05, 4.69) is 20.8 Å². The Hall–Kier alpha value is -2.96. The number of hydrogen-bond acceptors (Lipinski definition) is 5. The van der Waals surface area contributed by atoms with Crippen LogP contribution in [0.3, 0.4) is 0 Å². The highest BCUT2D eigenvalue weighted by Crippen LogP contribution is 2.30. The average Bonchev–Trinajstić information content (AvgIpc) is 3.27. The molecule has 1 atom stereocenters. The fourth-order valence-electron chi connectivity index (χ4n) is 3.11. The first-order chi connectivity index (χ1) is 11.8. The first kappa shape index (κ1) is 14.6. The number of nitrogens with one attached hydrogen (secondary N) is 1. The molecule has 24 heavy (non-hydrogen) atoms. The second kappa shape index (κ2) is 6.27. The van der Waals surface area contributed by atoms with Crippen LogP contribution in [-0.2, 0) is 17.6 Å². The van der Waals surface area contributed by atoms with Crippen LogP contribution in [0.15, 0.2) is 47.3 Å². The molecule has 1 aliphatic carbocycles. The monoisotopic (exact) mass is 323 g/mol. The lowest BCUT2D eigenvalue weighted by molar-refractivity contribution is -0.121. The molecule has 7 nitrogen and oxygen atoms in total. The Bertz CT molecular complexity index is 823. The van der Waals surface area contributed by atoms with Crippen LogP contribution in [0, 0.1) is 0 Å². The number of carbonyl (C=O) groups excluding carboxylic acids is 1. The predicted molar refractivity (Wildman–Crippen MR) is 85.4 cm³/mol. The van der Waals surface area contributed by atoms with Gasteiger partial charge in [-0.25, -0.2) is 4.68 Å². The maximum Gasteiger partial charge on any atom is 0.224 e. The molecular formula is C17H17N5O2. The number of tetrazole rings is 1. The molecular weight excluding hydrogens is 306 g/mol. The molecule has 7 heteroatoms. The van der Waals surface area contributed by atoms with Crippen molar-refractivity contribution in [1.29, 1.82) is 0 Å². The third-order valence-electron chi connectivity index (χ3n) is 4.30. The zero-order chi connectivity index (χ0) is 16.4. The molecule has 2 heterocycles. The molecule has 1 amide bonds. The zero-order valence-corrected chi connectivity index (χ0v) is 13.1. The Morgan fingerprint density at radius 2 is 2.17 bits per heavy atom. The number of aromatic nitrogens is 4. The molecule has 0 radical (unpaired) electrons. The second-order valence-corrected chi connectivity index (χ2v) is 5.91. The van der Waals surface area contributed by atoms with Crippen LogP contribution in [0.5, 0.6) is 0 Å². The van der Waals surface area contributed by atoms with Crippen molar-refractivity contribution in [2.75, 3.05) is 0 Å². The summed E-state index contributed by atoms with van der Waals surface area (Å²) in [5.74, 6) is 1.02. The van der Waals surface area contributed by atoms with E-state index >= 15 is 0 Å². The van der Waals surface area contributed by atoms with Gasteiger partial charge in [-0.1, -0.05) is 12.1 Å². The summed E-state index contributed by atoms with van der Waals surface area (Å²) in [7, 11) is 0. The van der Waals surface area contributed by atoms with E-state index in [1.54, 1.807) is 10.9 Å².